The summed E-state index contributed by atoms with van der Waals surface area (Å²) in [6.07, 6.45) is -0.276. The number of ether oxygens (including phenoxy) is 3. The number of carbonyl (C=O) groups is 2. The van der Waals surface area contributed by atoms with E-state index < -0.39 is 12.6 Å². The van der Waals surface area contributed by atoms with Crippen molar-refractivity contribution in [1.82, 2.24) is 5.32 Å². The van der Waals surface area contributed by atoms with Crippen LogP contribution in [0.4, 0.5) is 0 Å². The Morgan fingerprint density at radius 2 is 1.85 bits per heavy atom. The standard InChI is InChI=1S/C19H21NO6/c1-13(26-17-9-4-3-8-16(17)24-2)11-20-19(23)14-6-5-7-15(10-14)25-12-18(21)22/h3-10,13H,11-12H2,1-2H3,(H,20,23)(H,21,22). The molecule has 7 heteroatoms. The topological polar surface area (TPSA) is 94.1 Å². The van der Waals surface area contributed by atoms with Crippen molar-refractivity contribution in [2.45, 2.75) is 13.0 Å². The van der Waals surface area contributed by atoms with Crippen LogP contribution in [0.5, 0.6) is 17.2 Å². The molecule has 0 spiro atoms. The number of aliphatic carboxylic acids is 1. The molecule has 0 aromatic heterocycles. The van der Waals surface area contributed by atoms with Gasteiger partial charge < -0.3 is 24.6 Å². The highest BCUT2D eigenvalue weighted by atomic mass is 16.5. The van der Waals surface area contributed by atoms with Crippen LogP contribution >= 0.6 is 0 Å². The summed E-state index contributed by atoms with van der Waals surface area (Å²) in [5, 5.41) is 11.4. The monoisotopic (exact) mass is 359 g/mol. The van der Waals surface area contributed by atoms with Crippen LogP contribution in [0.3, 0.4) is 0 Å². The van der Waals surface area contributed by atoms with E-state index in [1.165, 1.54) is 6.07 Å². The number of methoxy groups -OCH3 is 1. The van der Waals surface area contributed by atoms with Crippen LogP contribution in [0.1, 0.15) is 17.3 Å². The number of benzene rings is 2. The highest BCUT2D eigenvalue weighted by Gasteiger charge is 2.12. The summed E-state index contributed by atoms with van der Waals surface area (Å²) in [5.41, 5.74) is 0.373. The van der Waals surface area contributed by atoms with Crippen molar-refractivity contribution in [3.05, 3.63) is 54.1 Å². The number of carboxylic acids is 1. The molecule has 2 aromatic carbocycles. The van der Waals surface area contributed by atoms with E-state index in [1.807, 2.05) is 19.1 Å². The third-order valence-corrected chi connectivity index (χ3v) is 3.41. The maximum atomic E-state index is 12.3. The predicted molar refractivity (Wildman–Crippen MR) is 95.0 cm³/mol. The van der Waals surface area contributed by atoms with Gasteiger partial charge >= 0.3 is 5.97 Å². The summed E-state index contributed by atoms with van der Waals surface area (Å²) < 4.78 is 16.1. The van der Waals surface area contributed by atoms with E-state index >= 15 is 0 Å². The Balaban J connectivity index is 1.89. The lowest BCUT2D eigenvalue weighted by Gasteiger charge is -2.17. The van der Waals surface area contributed by atoms with Crippen molar-refractivity contribution in [1.29, 1.82) is 0 Å². The summed E-state index contributed by atoms with van der Waals surface area (Å²) >= 11 is 0. The lowest BCUT2D eigenvalue weighted by atomic mass is 10.2. The van der Waals surface area contributed by atoms with Gasteiger partial charge in [-0.3, -0.25) is 4.79 Å². The fourth-order valence-electron chi connectivity index (χ4n) is 2.19. The normalized spacial score (nSPS) is 11.3. The molecule has 0 fully saturated rings. The lowest BCUT2D eigenvalue weighted by molar-refractivity contribution is -0.139. The first kappa shape index (κ1) is 19.1. The molecule has 0 aliphatic heterocycles. The second kappa shape index (κ2) is 9.31. The van der Waals surface area contributed by atoms with Gasteiger partial charge in [0.05, 0.1) is 13.7 Å². The van der Waals surface area contributed by atoms with Gasteiger partial charge in [-0.2, -0.15) is 0 Å². The number of hydrogen-bond donors (Lipinski definition) is 2. The minimum absolute atomic E-state index is 0.276. The molecule has 1 amide bonds. The number of rotatable bonds is 9. The number of nitrogens with one attached hydrogen (secondary N) is 1. The molecule has 2 rings (SSSR count). The number of hydrogen-bond acceptors (Lipinski definition) is 5. The molecular weight excluding hydrogens is 338 g/mol. The van der Waals surface area contributed by atoms with E-state index in [2.05, 4.69) is 5.32 Å². The van der Waals surface area contributed by atoms with Crippen molar-refractivity contribution in [2.75, 3.05) is 20.3 Å². The maximum Gasteiger partial charge on any atom is 0.341 e. The highest BCUT2D eigenvalue weighted by molar-refractivity contribution is 5.94. The molecule has 26 heavy (non-hydrogen) atoms. The van der Waals surface area contributed by atoms with Crippen molar-refractivity contribution in [3.8, 4) is 17.2 Å². The first-order valence-corrected chi connectivity index (χ1v) is 8.02. The van der Waals surface area contributed by atoms with Gasteiger partial charge in [0.2, 0.25) is 0 Å². The van der Waals surface area contributed by atoms with Gasteiger partial charge in [-0.1, -0.05) is 18.2 Å². The molecule has 2 N–H and O–H groups in total. The number of para-hydroxylation sites is 2. The number of amides is 1. The minimum atomic E-state index is -1.08. The molecule has 0 heterocycles. The molecule has 0 bridgehead atoms. The molecular formula is C19H21NO6. The van der Waals surface area contributed by atoms with Gasteiger partial charge in [-0.25, -0.2) is 4.79 Å². The van der Waals surface area contributed by atoms with Gasteiger partial charge in [0.15, 0.2) is 18.1 Å². The first-order valence-electron chi connectivity index (χ1n) is 8.02. The Morgan fingerprint density at radius 3 is 2.54 bits per heavy atom. The SMILES string of the molecule is COc1ccccc1OC(C)CNC(=O)c1cccc(OCC(=O)O)c1. The minimum Gasteiger partial charge on any atom is -0.493 e. The summed E-state index contributed by atoms with van der Waals surface area (Å²) in [7, 11) is 1.56. The van der Waals surface area contributed by atoms with E-state index in [1.54, 1.807) is 37.4 Å². The average molecular weight is 359 g/mol. The Morgan fingerprint density at radius 1 is 1.12 bits per heavy atom. The fourth-order valence-corrected chi connectivity index (χ4v) is 2.19. The third-order valence-electron chi connectivity index (χ3n) is 3.41. The van der Waals surface area contributed by atoms with Crippen LogP contribution in [-0.2, 0) is 4.79 Å². The van der Waals surface area contributed by atoms with Gasteiger partial charge in [0, 0.05) is 5.56 Å². The van der Waals surface area contributed by atoms with E-state index in [4.69, 9.17) is 19.3 Å². The fraction of sp³-hybridized carbons (Fsp3) is 0.263. The zero-order valence-corrected chi connectivity index (χ0v) is 14.6. The lowest BCUT2D eigenvalue weighted by Crippen LogP contribution is -2.33. The molecule has 7 nitrogen and oxygen atoms in total. The van der Waals surface area contributed by atoms with Gasteiger partial charge in [0.1, 0.15) is 11.9 Å². The zero-order chi connectivity index (χ0) is 18.9. The van der Waals surface area contributed by atoms with Crippen LogP contribution in [0, 0.1) is 0 Å². The molecule has 1 atom stereocenters. The van der Waals surface area contributed by atoms with Crippen molar-refractivity contribution < 1.29 is 28.9 Å². The van der Waals surface area contributed by atoms with Crippen LogP contribution in [-0.4, -0.2) is 43.3 Å². The zero-order valence-electron chi connectivity index (χ0n) is 14.6. The smallest absolute Gasteiger partial charge is 0.341 e. The molecule has 2 aromatic rings. The summed E-state index contributed by atoms with van der Waals surface area (Å²) in [6.45, 7) is 1.66. The largest absolute Gasteiger partial charge is 0.493 e. The molecule has 0 saturated carbocycles. The van der Waals surface area contributed by atoms with E-state index in [-0.39, 0.29) is 18.6 Å². The second-order valence-electron chi connectivity index (χ2n) is 5.50. The van der Waals surface area contributed by atoms with Crippen molar-refractivity contribution in [3.63, 3.8) is 0 Å². The third kappa shape index (κ3) is 5.70. The number of carboxylic acid groups (broad SMARTS) is 1. The Hall–Kier alpha value is -3.22. The van der Waals surface area contributed by atoms with Gasteiger partial charge in [0.25, 0.3) is 5.91 Å². The number of carbonyl (C=O) groups excluding carboxylic acids is 1. The molecule has 1 unspecified atom stereocenters. The van der Waals surface area contributed by atoms with Crippen LogP contribution in [0.15, 0.2) is 48.5 Å². The maximum absolute atomic E-state index is 12.3. The van der Waals surface area contributed by atoms with Gasteiger partial charge in [-0.15, -0.1) is 0 Å². The highest BCUT2D eigenvalue weighted by Crippen LogP contribution is 2.26. The predicted octanol–water partition coefficient (Wildman–Crippen LogP) is 2.36. The van der Waals surface area contributed by atoms with Crippen molar-refractivity contribution in [2.24, 2.45) is 0 Å². The van der Waals surface area contributed by atoms with E-state index in [0.29, 0.717) is 22.8 Å². The molecule has 0 aliphatic rings. The first-order chi connectivity index (χ1) is 12.5. The summed E-state index contributed by atoms with van der Waals surface area (Å²) in [6, 6.07) is 13.6. The van der Waals surface area contributed by atoms with Crippen molar-refractivity contribution >= 4 is 11.9 Å². The second-order valence-corrected chi connectivity index (χ2v) is 5.50. The Labute approximate surface area is 151 Å². The van der Waals surface area contributed by atoms with Gasteiger partial charge in [-0.05, 0) is 37.3 Å². The van der Waals surface area contributed by atoms with E-state index in [0.717, 1.165) is 0 Å². The molecule has 0 radical (unpaired) electrons. The average Bonchev–Trinajstić information content (AvgIpc) is 2.65. The quantitative estimate of drug-likeness (QED) is 0.714. The van der Waals surface area contributed by atoms with Crippen LogP contribution in [0.25, 0.3) is 0 Å². The Kier molecular flexibility index (Phi) is 6.84. The Bertz CT molecular complexity index is 761. The molecule has 0 saturated heterocycles. The molecule has 0 aliphatic carbocycles. The summed E-state index contributed by atoms with van der Waals surface area (Å²) in [4.78, 5) is 22.8. The van der Waals surface area contributed by atoms with E-state index in [9.17, 15) is 9.59 Å². The summed E-state index contributed by atoms with van der Waals surface area (Å²) in [5.74, 6) is 0.150. The van der Waals surface area contributed by atoms with Crippen LogP contribution in [0.2, 0.25) is 0 Å². The van der Waals surface area contributed by atoms with Crippen LogP contribution < -0.4 is 19.5 Å². The molecule has 138 valence electrons.